The zero-order valence-electron chi connectivity index (χ0n) is 16.4. The van der Waals surface area contributed by atoms with Crippen molar-refractivity contribution in [3.05, 3.63) is 59.5 Å². The Kier molecular flexibility index (Phi) is 7.08. The number of carbonyl (C=O) groups excluding carboxylic acids is 1. The summed E-state index contributed by atoms with van der Waals surface area (Å²) in [6.07, 6.45) is 4.17. The number of nitrogens with two attached hydrogens (primary N) is 1. The van der Waals surface area contributed by atoms with Crippen molar-refractivity contribution < 1.29 is 9.21 Å². The Bertz CT molecular complexity index is 782. The van der Waals surface area contributed by atoms with E-state index >= 15 is 0 Å². The summed E-state index contributed by atoms with van der Waals surface area (Å²) in [5.74, 6) is 1.28. The fourth-order valence-corrected chi connectivity index (χ4v) is 3.47. The molecule has 1 unspecified atom stereocenters. The van der Waals surface area contributed by atoms with Gasteiger partial charge in [0.05, 0.1) is 18.8 Å². The Morgan fingerprint density at radius 1 is 1.25 bits per heavy atom. The molecule has 0 radical (unpaired) electrons. The highest BCUT2D eigenvalue weighted by Crippen LogP contribution is 2.24. The molecule has 28 heavy (non-hydrogen) atoms. The molecule has 1 fully saturated rings. The highest BCUT2D eigenvalue weighted by atomic mass is 16.3. The molecule has 1 aromatic carbocycles. The lowest BCUT2D eigenvalue weighted by molar-refractivity contribution is 0.1000. The number of hydrogen-bond donors (Lipinski definition) is 3. The summed E-state index contributed by atoms with van der Waals surface area (Å²) < 4.78 is 5.68. The zero-order valence-corrected chi connectivity index (χ0v) is 16.4. The van der Waals surface area contributed by atoms with Crippen LogP contribution in [-0.4, -0.2) is 42.9 Å². The molecule has 3 rings (SSSR count). The SMILES string of the molecule is CCNC(=NCc1cccc(C(N)=O)c1)NCC(c1ccco1)N1CCCC1. The maximum atomic E-state index is 11.4. The van der Waals surface area contributed by atoms with Crippen LogP contribution in [0.25, 0.3) is 0 Å². The van der Waals surface area contributed by atoms with Crippen LogP contribution >= 0.6 is 0 Å². The van der Waals surface area contributed by atoms with Crippen LogP contribution < -0.4 is 16.4 Å². The molecule has 1 aliphatic rings. The van der Waals surface area contributed by atoms with Gasteiger partial charge in [0.25, 0.3) is 0 Å². The summed E-state index contributed by atoms with van der Waals surface area (Å²) in [6.45, 7) is 6.14. The van der Waals surface area contributed by atoms with Gasteiger partial charge in [-0.05, 0) is 62.7 Å². The molecule has 150 valence electrons. The van der Waals surface area contributed by atoms with Gasteiger partial charge in [-0.25, -0.2) is 4.99 Å². The Morgan fingerprint density at radius 3 is 2.75 bits per heavy atom. The molecule has 2 aromatic rings. The van der Waals surface area contributed by atoms with E-state index in [1.165, 1.54) is 12.8 Å². The maximum Gasteiger partial charge on any atom is 0.248 e. The highest BCUT2D eigenvalue weighted by molar-refractivity contribution is 5.92. The van der Waals surface area contributed by atoms with Gasteiger partial charge in [0.1, 0.15) is 5.76 Å². The van der Waals surface area contributed by atoms with Crippen LogP contribution in [0.1, 0.15) is 47.5 Å². The van der Waals surface area contributed by atoms with Gasteiger partial charge in [-0.1, -0.05) is 12.1 Å². The Hall–Kier alpha value is -2.80. The van der Waals surface area contributed by atoms with E-state index in [1.807, 2.05) is 31.2 Å². The predicted molar refractivity (Wildman–Crippen MR) is 110 cm³/mol. The van der Waals surface area contributed by atoms with Crippen LogP contribution in [0.4, 0.5) is 0 Å². The number of guanidine groups is 1. The molecule has 7 nitrogen and oxygen atoms in total. The number of amides is 1. The quantitative estimate of drug-likeness (QED) is 0.480. The number of aliphatic imine (C=N–C) groups is 1. The van der Waals surface area contributed by atoms with Gasteiger partial charge in [0.2, 0.25) is 5.91 Å². The minimum atomic E-state index is -0.428. The molecular weight excluding hydrogens is 354 g/mol. The average Bonchev–Trinajstić information content (AvgIpc) is 3.41. The summed E-state index contributed by atoms with van der Waals surface area (Å²) in [5.41, 5.74) is 6.80. The number of likely N-dealkylation sites (tertiary alicyclic amines) is 1. The minimum Gasteiger partial charge on any atom is -0.468 e. The van der Waals surface area contributed by atoms with Gasteiger partial charge >= 0.3 is 0 Å². The van der Waals surface area contributed by atoms with Crippen molar-refractivity contribution in [1.82, 2.24) is 15.5 Å². The molecule has 2 heterocycles. The summed E-state index contributed by atoms with van der Waals surface area (Å²) in [6, 6.07) is 11.4. The van der Waals surface area contributed by atoms with Crippen LogP contribution in [0.15, 0.2) is 52.1 Å². The first-order valence-corrected chi connectivity index (χ1v) is 9.85. The van der Waals surface area contributed by atoms with Crippen molar-refractivity contribution >= 4 is 11.9 Å². The van der Waals surface area contributed by atoms with E-state index in [0.717, 1.165) is 36.9 Å². The van der Waals surface area contributed by atoms with Gasteiger partial charge in [-0.2, -0.15) is 0 Å². The smallest absolute Gasteiger partial charge is 0.248 e. The lowest BCUT2D eigenvalue weighted by Gasteiger charge is -2.26. The topological polar surface area (TPSA) is 95.9 Å². The van der Waals surface area contributed by atoms with Crippen LogP contribution in [0.3, 0.4) is 0 Å². The Morgan fingerprint density at radius 2 is 2.07 bits per heavy atom. The lowest BCUT2D eigenvalue weighted by Crippen LogP contribution is -2.42. The normalized spacial score (nSPS) is 16.1. The van der Waals surface area contributed by atoms with Gasteiger partial charge in [0.15, 0.2) is 5.96 Å². The summed E-state index contributed by atoms with van der Waals surface area (Å²) in [5, 5.41) is 6.72. The van der Waals surface area contributed by atoms with E-state index in [9.17, 15) is 4.79 Å². The minimum absolute atomic E-state index is 0.180. The van der Waals surface area contributed by atoms with Crippen LogP contribution in [0.2, 0.25) is 0 Å². The first-order valence-electron chi connectivity index (χ1n) is 9.85. The average molecular weight is 383 g/mol. The highest BCUT2D eigenvalue weighted by Gasteiger charge is 2.25. The number of nitrogens with zero attached hydrogens (tertiary/aromatic N) is 2. The second kappa shape index (κ2) is 9.94. The molecule has 0 spiro atoms. The number of primary amides is 1. The molecule has 1 atom stereocenters. The van der Waals surface area contributed by atoms with Gasteiger partial charge in [-0.15, -0.1) is 0 Å². The van der Waals surface area contributed by atoms with Crippen molar-refractivity contribution in [1.29, 1.82) is 0 Å². The number of hydrogen-bond acceptors (Lipinski definition) is 4. The zero-order chi connectivity index (χ0) is 19.8. The van der Waals surface area contributed by atoms with E-state index in [4.69, 9.17) is 10.2 Å². The standard InChI is InChI=1S/C21H29N5O2/c1-2-23-21(24-14-16-7-5-8-17(13-16)20(22)27)25-15-18(19-9-6-12-28-19)26-10-3-4-11-26/h5-9,12-13,18H,2-4,10-11,14-15H2,1H3,(H2,22,27)(H2,23,24,25). The fraction of sp³-hybridized carbons (Fsp3) is 0.429. The third-order valence-electron chi connectivity index (χ3n) is 4.89. The van der Waals surface area contributed by atoms with Crippen molar-refractivity contribution in [2.45, 2.75) is 32.4 Å². The van der Waals surface area contributed by atoms with E-state index < -0.39 is 5.91 Å². The Labute approximate surface area is 166 Å². The van der Waals surface area contributed by atoms with Gasteiger partial charge in [0, 0.05) is 18.7 Å². The predicted octanol–water partition coefficient (Wildman–Crippen LogP) is 2.27. The van der Waals surface area contributed by atoms with Gasteiger partial charge in [-0.3, -0.25) is 9.69 Å². The molecule has 0 saturated carbocycles. The molecule has 1 aliphatic heterocycles. The summed E-state index contributed by atoms with van der Waals surface area (Å²) in [4.78, 5) is 18.5. The third-order valence-corrected chi connectivity index (χ3v) is 4.89. The molecule has 7 heteroatoms. The third kappa shape index (κ3) is 5.36. The molecule has 4 N–H and O–H groups in total. The molecule has 1 amide bonds. The molecule has 1 aromatic heterocycles. The van der Waals surface area contributed by atoms with Crippen LogP contribution in [-0.2, 0) is 6.54 Å². The number of furan rings is 1. The summed E-state index contributed by atoms with van der Waals surface area (Å²) in [7, 11) is 0. The second-order valence-corrected chi connectivity index (χ2v) is 6.91. The molecule has 0 bridgehead atoms. The van der Waals surface area contributed by atoms with Gasteiger partial charge < -0.3 is 20.8 Å². The summed E-state index contributed by atoms with van der Waals surface area (Å²) >= 11 is 0. The van der Waals surface area contributed by atoms with E-state index in [0.29, 0.717) is 18.7 Å². The van der Waals surface area contributed by atoms with E-state index in [1.54, 1.807) is 18.4 Å². The number of carbonyl (C=O) groups is 1. The lowest BCUT2D eigenvalue weighted by atomic mass is 10.1. The molecule has 0 aliphatic carbocycles. The first kappa shape index (κ1) is 19.9. The van der Waals surface area contributed by atoms with Crippen LogP contribution in [0, 0.1) is 0 Å². The Balaban J connectivity index is 1.66. The second-order valence-electron chi connectivity index (χ2n) is 6.91. The molecule has 1 saturated heterocycles. The number of rotatable bonds is 8. The monoisotopic (exact) mass is 383 g/mol. The van der Waals surface area contributed by atoms with E-state index in [2.05, 4.69) is 20.5 Å². The van der Waals surface area contributed by atoms with Crippen molar-refractivity contribution in [3.63, 3.8) is 0 Å². The van der Waals surface area contributed by atoms with Crippen molar-refractivity contribution in [3.8, 4) is 0 Å². The first-order chi connectivity index (χ1) is 13.7. The number of nitrogens with one attached hydrogen (secondary N) is 2. The molecular formula is C21H29N5O2. The van der Waals surface area contributed by atoms with E-state index in [-0.39, 0.29) is 6.04 Å². The van der Waals surface area contributed by atoms with Crippen molar-refractivity contribution in [2.24, 2.45) is 10.7 Å². The van der Waals surface area contributed by atoms with Crippen molar-refractivity contribution in [2.75, 3.05) is 26.2 Å². The maximum absolute atomic E-state index is 11.4. The van der Waals surface area contributed by atoms with Crippen LogP contribution in [0.5, 0.6) is 0 Å². The fourth-order valence-electron chi connectivity index (χ4n) is 3.47. The largest absolute Gasteiger partial charge is 0.468 e. The number of benzene rings is 1.